The van der Waals surface area contributed by atoms with Crippen molar-refractivity contribution in [2.75, 3.05) is 50.7 Å². The topological polar surface area (TPSA) is 87.0 Å². The smallest absolute Gasteiger partial charge is 0.270 e. The van der Waals surface area contributed by atoms with E-state index in [1.807, 2.05) is 0 Å². The Morgan fingerprint density at radius 1 is 1.04 bits per heavy atom. The number of hydrogen-bond acceptors (Lipinski definition) is 6. The number of rotatable bonds is 6. The first-order valence-corrected chi connectivity index (χ1v) is 11.1. The van der Waals surface area contributed by atoms with Gasteiger partial charge in [-0.3, -0.25) is 10.1 Å². The molecule has 9 heteroatoms. The minimum Gasteiger partial charge on any atom is -0.369 e. The van der Waals surface area contributed by atoms with Crippen molar-refractivity contribution >= 4 is 21.4 Å². The third kappa shape index (κ3) is 4.41. The summed E-state index contributed by atoms with van der Waals surface area (Å²) in [6, 6.07) is 4.25. The molecule has 0 aliphatic carbocycles. The lowest BCUT2D eigenvalue weighted by atomic mass is 10.2. The number of nitro benzene ring substituents is 1. The molecule has 0 saturated carbocycles. The summed E-state index contributed by atoms with van der Waals surface area (Å²) in [5.41, 5.74) is 0.407. The highest BCUT2D eigenvalue weighted by atomic mass is 32.2. The van der Waals surface area contributed by atoms with Crippen molar-refractivity contribution in [1.82, 2.24) is 9.21 Å². The summed E-state index contributed by atoms with van der Waals surface area (Å²) in [7, 11) is -3.74. The second kappa shape index (κ2) is 8.53. The fraction of sp³-hybridized carbons (Fsp3) is 0.667. The summed E-state index contributed by atoms with van der Waals surface area (Å²) >= 11 is 0. The maximum atomic E-state index is 13.2. The summed E-state index contributed by atoms with van der Waals surface area (Å²) in [5.74, 6) is 0. The van der Waals surface area contributed by atoms with Gasteiger partial charge in [0.25, 0.3) is 5.69 Å². The fourth-order valence-corrected chi connectivity index (χ4v) is 5.65. The van der Waals surface area contributed by atoms with Crippen LogP contribution in [0.3, 0.4) is 0 Å². The summed E-state index contributed by atoms with van der Waals surface area (Å²) in [6.07, 6.45) is 3.70. The summed E-state index contributed by atoms with van der Waals surface area (Å²) < 4.78 is 27.8. The number of benzene rings is 1. The Labute approximate surface area is 160 Å². The van der Waals surface area contributed by atoms with Crippen LogP contribution in [0.15, 0.2) is 23.1 Å². The van der Waals surface area contributed by atoms with Gasteiger partial charge in [0.05, 0.1) is 10.6 Å². The van der Waals surface area contributed by atoms with Crippen molar-refractivity contribution in [1.29, 1.82) is 0 Å². The SMILES string of the molecule is CCCN1CCCN(c2ccc([N+](=O)[O-])cc2S(=O)(=O)N2CCCC2)CC1. The van der Waals surface area contributed by atoms with E-state index < -0.39 is 14.9 Å². The fourth-order valence-electron chi connectivity index (χ4n) is 3.90. The molecule has 0 N–H and O–H groups in total. The predicted molar refractivity (Wildman–Crippen MR) is 105 cm³/mol. The Balaban J connectivity index is 1.96. The average Bonchev–Trinajstić information content (AvgIpc) is 3.10. The molecule has 1 aromatic rings. The Kier molecular flexibility index (Phi) is 6.33. The molecular formula is C18H28N4O4S. The minimum atomic E-state index is -3.74. The molecule has 0 bridgehead atoms. The van der Waals surface area contributed by atoms with Crippen LogP contribution in [0, 0.1) is 10.1 Å². The van der Waals surface area contributed by atoms with Crippen LogP contribution < -0.4 is 4.90 Å². The number of non-ortho nitro benzene ring substituents is 1. The molecule has 2 aliphatic heterocycles. The Morgan fingerprint density at radius 2 is 1.78 bits per heavy atom. The van der Waals surface area contributed by atoms with Gasteiger partial charge in [-0.25, -0.2) is 8.42 Å². The van der Waals surface area contributed by atoms with Crippen LogP contribution in [0.25, 0.3) is 0 Å². The lowest BCUT2D eigenvalue weighted by Crippen LogP contribution is -2.34. The largest absolute Gasteiger partial charge is 0.369 e. The maximum Gasteiger partial charge on any atom is 0.270 e. The average molecular weight is 397 g/mol. The standard InChI is InChI=1S/C18H28N4O4S/c1-2-8-19-9-5-10-20(14-13-19)17-7-6-16(22(23)24)15-18(17)27(25,26)21-11-3-4-12-21/h6-7,15H,2-5,8-14H2,1H3. The maximum absolute atomic E-state index is 13.2. The third-order valence-electron chi connectivity index (χ3n) is 5.31. The molecule has 2 saturated heterocycles. The zero-order chi connectivity index (χ0) is 19.4. The van der Waals surface area contributed by atoms with E-state index in [1.165, 1.54) is 16.4 Å². The van der Waals surface area contributed by atoms with Crippen LogP contribution >= 0.6 is 0 Å². The van der Waals surface area contributed by atoms with E-state index in [9.17, 15) is 18.5 Å². The molecule has 27 heavy (non-hydrogen) atoms. The second-order valence-corrected chi connectivity index (χ2v) is 9.11. The quantitative estimate of drug-likeness (QED) is 0.542. The van der Waals surface area contributed by atoms with Crippen molar-refractivity contribution < 1.29 is 13.3 Å². The number of nitrogens with zero attached hydrogens (tertiary/aromatic N) is 4. The van der Waals surface area contributed by atoms with Gasteiger partial charge in [0.1, 0.15) is 4.90 Å². The molecule has 3 rings (SSSR count). The Bertz CT molecular complexity index is 778. The molecule has 150 valence electrons. The van der Waals surface area contributed by atoms with Crippen LogP contribution in [-0.4, -0.2) is 68.4 Å². The van der Waals surface area contributed by atoms with E-state index in [1.54, 1.807) is 6.07 Å². The molecule has 0 atom stereocenters. The summed E-state index contributed by atoms with van der Waals surface area (Å²) in [5, 5.41) is 11.2. The molecule has 2 heterocycles. The summed E-state index contributed by atoms with van der Waals surface area (Å²) in [6.45, 7) is 7.48. The van der Waals surface area contributed by atoms with Crippen LogP contribution in [0.2, 0.25) is 0 Å². The molecule has 1 aromatic carbocycles. The van der Waals surface area contributed by atoms with E-state index in [4.69, 9.17) is 0 Å². The minimum absolute atomic E-state index is 0.0718. The zero-order valence-corrected chi connectivity index (χ0v) is 16.7. The van der Waals surface area contributed by atoms with Crippen LogP contribution in [-0.2, 0) is 10.0 Å². The highest BCUT2D eigenvalue weighted by molar-refractivity contribution is 7.89. The number of sulfonamides is 1. The first kappa shape index (κ1) is 20.0. The lowest BCUT2D eigenvalue weighted by Gasteiger charge is -2.27. The van der Waals surface area contributed by atoms with E-state index in [0.29, 0.717) is 18.8 Å². The molecule has 0 unspecified atom stereocenters. The molecule has 0 aromatic heterocycles. The van der Waals surface area contributed by atoms with Gasteiger partial charge in [-0.1, -0.05) is 6.92 Å². The highest BCUT2D eigenvalue weighted by Gasteiger charge is 2.32. The number of nitro groups is 1. The van der Waals surface area contributed by atoms with Crippen molar-refractivity contribution in [3.63, 3.8) is 0 Å². The van der Waals surface area contributed by atoms with Crippen molar-refractivity contribution in [3.8, 4) is 0 Å². The highest BCUT2D eigenvalue weighted by Crippen LogP contribution is 2.33. The van der Waals surface area contributed by atoms with Gasteiger partial charge >= 0.3 is 0 Å². The van der Waals surface area contributed by atoms with E-state index in [2.05, 4.69) is 16.7 Å². The molecule has 2 aliphatic rings. The number of hydrogen-bond donors (Lipinski definition) is 0. The van der Waals surface area contributed by atoms with Gasteiger partial charge in [0, 0.05) is 44.9 Å². The van der Waals surface area contributed by atoms with Gasteiger partial charge in [-0.2, -0.15) is 4.31 Å². The molecule has 0 spiro atoms. The van der Waals surface area contributed by atoms with E-state index in [0.717, 1.165) is 58.4 Å². The Hall–Kier alpha value is -1.71. The molecule has 8 nitrogen and oxygen atoms in total. The monoisotopic (exact) mass is 396 g/mol. The first-order chi connectivity index (χ1) is 12.9. The lowest BCUT2D eigenvalue weighted by molar-refractivity contribution is -0.385. The van der Waals surface area contributed by atoms with E-state index >= 15 is 0 Å². The van der Waals surface area contributed by atoms with Crippen LogP contribution in [0.5, 0.6) is 0 Å². The van der Waals surface area contributed by atoms with Crippen LogP contribution in [0.1, 0.15) is 32.6 Å². The third-order valence-corrected chi connectivity index (χ3v) is 7.23. The second-order valence-electron chi connectivity index (χ2n) is 7.20. The molecular weight excluding hydrogens is 368 g/mol. The molecule has 0 amide bonds. The van der Waals surface area contributed by atoms with Gasteiger partial charge in [0.2, 0.25) is 10.0 Å². The Morgan fingerprint density at radius 3 is 2.44 bits per heavy atom. The first-order valence-electron chi connectivity index (χ1n) is 9.69. The van der Waals surface area contributed by atoms with Crippen molar-refractivity contribution in [3.05, 3.63) is 28.3 Å². The zero-order valence-electron chi connectivity index (χ0n) is 15.8. The van der Waals surface area contributed by atoms with Gasteiger partial charge in [-0.05, 0) is 44.8 Å². The normalized spacial score (nSPS) is 20.0. The van der Waals surface area contributed by atoms with Crippen molar-refractivity contribution in [2.45, 2.75) is 37.5 Å². The van der Waals surface area contributed by atoms with Gasteiger partial charge in [-0.15, -0.1) is 0 Å². The predicted octanol–water partition coefficient (Wildman–Crippen LogP) is 2.30. The van der Waals surface area contributed by atoms with Gasteiger partial charge < -0.3 is 9.80 Å². The molecule has 0 radical (unpaired) electrons. The number of anilines is 1. The van der Waals surface area contributed by atoms with E-state index in [-0.39, 0.29) is 10.6 Å². The summed E-state index contributed by atoms with van der Waals surface area (Å²) in [4.78, 5) is 15.2. The molecule has 2 fully saturated rings. The van der Waals surface area contributed by atoms with Gasteiger partial charge in [0.15, 0.2) is 0 Å². The van der Waals surface area contributed by atoms with Crippen molar-refractivity contribution in [2.24, 2.45) is 0 Å². The van der Waals surface area contributed by atoms with Crippen LogP contribution in [0.4, 0.5) is 11.4 Å².